The van der Waals surface area contributed by atoms with Gasteiger partial charge < -0.3 is 0 Å². The topological polar surface area (TPSA) is 9.23 Å². The van der Waals surface area contributed by atoms with Gasteiger partial charge in [0, 0.05) is 0 Å². The van der Waals surface area contributed by atoms with Crippen molar-refractivity contribution in [3.05, 3.63) is 0 Å². The average Bonchev–Trinajstić information content (AvgIpc) is 2.48. The second-order valence-electron chi connectivity index (χ2n) is 6.46. The van der Waals surface area contributed by atoms with Gasteiger partial charge in [0.1, 0.15) is 0 Å². The summed E-state index contributed by atoms with van der Waals surface area (Å²) in [6.07, 6.45) is 11.5. The molecule has 0 aliphatic carbocycles. The van der Waals surface area contributed by atoms with Crippen LogP contribution in [0.5, 0.6) is 0 Å². The van der Waals surface area contributed by atoms with Gasteiger partial charge in [-0.2, -0.15) is 0 Å². The Morgan fingerprint density at radius 2 is 1.05 bits per heavy atom. The Morgan fingerprint density at radius 1 is 0.600 bits per heavy atom. The van der Waals surface area contributed by atoms with Crippen LogP contribution in [0.25, 0.3) is 0 Å². The summed E-state index contributed by atoms with van der Waals surface area (Å²) in [6, 6.07) is 0. The first-order valence-corrected chi connectivity index (χ1v) is 17.4. The molecular weight excluding hydrogens is 351 g/mol. The van der Waals surface area contributed by atoms with Crippen molar-refractivity contribution < 1.29 is 4.74 Å². The molecular formula is C18H40OSn. The zero-order valence-electron chi connectivity index (χ0n) is 14.8. The van der Waals surface area contributed by atoms with Gasteiger partial charge in [-0.15, -0.1) is 0 Å². The fourth-order valence-corrected chi connectivity index (χ4v) is 19.8. The Bertz CT molecular complexity index is 172. The molecule has 0 amide bonds. The van der Waals surface area contributed by atoms with Gasteiger partial charge in [-0.3, -0.25) is 0 Å². The van der Waals surface area contributed by atoms with Gasteiger partial charge in [-0.05, 0) is 0 Å². The van der Waals surface area contributed by atoms with E-state index >= 15 is 0 Å². The molecule has 0 aliphatic rings. The second kappa shape index (κ2) is 14.7. The minimum absolute atomic E-state index is 0.885. The number of ether oxygens (including phenoxy) is 1. The third kappa shape index (κ3) is 10.5. The summed E-state index contributed by atoms with van der Waals surface area (Å²) >= 11 is -1.80. The SMILES string of the molecule is CCC[CH2][Sn]([CH2]CCC)([CH2]CCC)[CH2]CCCOCC. The summed E-state index contributed by atoms with van der Waals surface area (Å²) in [5.74, 6) is 0. The Hall–Kier alpha value is 0.759. The molecule has 20 heavy (non-hydrogen) atoms. The standard InChI is InChI=1S/C6H13O.3C4H9.Sn/c1-3-5-6-7-4-2;3*1-3-4-2;/h1,3-6H2,2H3;3*1,3-4H2,2H3;. The van der Waals surface area contributed by atoms with E-state index in [0.717, 1.165) is 13.2 Å². The Kier molecular flexibility index (Phi) is 15.2. The molecule has 0 aromatic carbocycles. The maximum atomic E-state index is 5.51. The second-order valence-corrected chi connectivity index (χ2v) is 20.7. The maximum absolute atomic E-state index is 5.51. The number of hydrogen-bond donors (Lipinski definition) is 0. The zero-order valence-corrected chi connectivity index (χ0v) is 17.7. The van der Waals surface area contributed by atoms with Crippen LogP contribution in [0.4, 0.5) is 0 Å². The van der Waals surface area contributed by atoms with Crippen molar-refractivity contribution >= 4 is 18.4 Å². The summed E-state index contributed by atoms with van der Waals surface area (Å²) in [7, 11) is 0. The summed E-state index contributed by atoms with van der Waals surface area (Å²) in [4.78, 5) is 0. The first kappa shape index (κ1) is 20.8. The van der Waals surface area contributed by atoms with Gasteiger partial charge >= 0.3 is 133 Å². The van der Waals surface area contributed by atoms with Crippen LogP contribution in [0.3, 0.4) is 0 Å². The van der Waals surface area contributed by atoms with Crippen molar-refractivity contribution in [1.82, 2.24) is 0 Å². The number of rotatable bonds is 15. The van der Waals surface area contributed by atoms with Crippen LogP contribution in [-0.4, -0.2) is 31.6 Å². The molecule has 0 radical (unpaired) electrons. The molecule has 0 atom stereocenters. The molecule has 0 bridgehead atoms. The van der Waals surface area contributed by atoms with Crippen LogP contribution in [0.2, 0.25) is 17.7 Å². The molecule has 0 aliphatic heterocycles. The van der Waals surface area contributed by atoms with Crippen LogP contribution in [0.15, 0.2) is 0 Å². The molecule has 0 unspecified atom stereocenters. The summed E-state index contributed by atoms with van der Waals surface area (Å²) in [6.45, 7) is 11.1. The fraction of sp³-hybridized carbons (Fsp3) is 1.00. The normalized spacial score (nSPS) is 12.0. The summed E-state index contributed by atoms with van der Waals surface area (Å²) < 4.78 is 12.2. The van der Waals surface area contributed by atoms with Crippen LogP contribution in [0, 0.1) is 0 Å². The molecule has 122 valence electrons. The van der Waals surface area contributed by atoms with E-state index in [2.05, 4.69) is 27.7 Å². The van der Waals surface area contributed by atoms with E-state index in [1.54, 1.807) is 17.7 Å². The van der Waals surface area contributed by atoms with Crippen LogP contribution in [0.1, 0.15) is 79.1 Å². The van der Waals surface area contributed by atoms with E-state index in [0.29, 0.717) is 0 Å². The minimum atomic E-state index is -1.80. The predicted octanol–water partition coefficient (Wildman–Crippen LogP) is 6.65. The molecule has 0 rings (SSSR count). The van der Waals surface area contributed by atoms with Crippen LogP contribution < -0.4 is 0 Å². The van der Waals surface area contributed by atoms with Gasteiger partial charge in [0.2, 0.25) is 0 Å². The molecule has 0 heterocycles. The third-order valence-electron chi connectivity index (χ3n) is 4.63. The van der Waals surface area contributed by atoms with E-state index in [1.807, 2.05) is 0 Å². The first-order chi connectivity index (χ1) is 9.74. The van der Waals surface area contributed by atoms with Gasteiger partial charge in [0.25, 0.3) is 0 Å². The molecule has 0 fully saturated rings. The van der Waals surface area contributed by atoms with Crippen molar-refractivity contribution in [1.29, 1.82) is 0 Å². The molecule has 0 saturated heterocycles. The van der Waals surface area contributed by atoms with E-state index in [9.17, 15) is 0 Å². The molecule has 2 heteroatoms. The van der Waals surface area contributed by atoms with Gasteiger partial charge in [-0.1, -0.05) is 0 Å². The molecule has 0 aromatic heterocycles. The van der Waals surface area contributed by atoms with E-state index < -0.39 is 18.4 Å². The van der Waals surface area contributed by atoms with Crippen molar-refractivity contribution in [3.63, 3.8) is 0 Å². The Balaban J connectivity index is 4.34. The summed E-state index contributed by atoms with van der Waals surface area (Å²) in [5.41, 5.74) is 0. The van der Waals surface area contributed by atoms with E-state index in [1.165, 1.54) is 51.4 Å². The van der Waals surface area contributed by atoms with Crippen molar-refractivity contribution in [2.24, 2.45) is 0 Å². The van der Waals surface area contributed by atoms with E-state index in [4.69, 9.17) is 4.74 Å². The Labute approximate surface area is 133 Å². The predicted molar refractivity (Wildman–Crippen MR) is 95.4 cm³/mol. The molecule has 0 spiro atoms. The number of hydrogen-bond acceptors (Lipinski definition) is 1. The van der Waals surface area contributed by atoms with Gasteiger partial charge in [0.05, 0.1) is 0 Å². The zero-order chi connectivity index (χ0) is 15.1. The quantitative estimate of drug-likeness (QED) is 0.224. The number of unbranched alkanes of at least 4 members (excludes halogenated alkanes) is 4. The third-order valence-corrected chi connectivity index (χ3v) is 20.8. The molecule has 0 N–H and O–H groups in total. The van der Waals surface area contributed by atoms with E-state index in [-0.39, 0.29) is 0 Å². The molecule has 0 saturated carbocycles. The molecule has 1 nitrogen and oxygen atoms in total. The fourth-order valence-electron chi connectivity index (χ4n) is 3.25. The summed E-state index contributed by atoms with van der Waals surface area (Å²) in [5, 5.41) is 0. The molecule has 0 aromatic rings. The van der Waals surface area contributed by atoms with Gasteiger partial charge in [0.15, 0.2) is 0 Å². The Morgan fingerprint density at radius 3 is 1.45 bits per heavy atom. The van der Waals surface area contributed by atoms with Crippen molar-refractivity contribution in [2.45, 2.75) is 96.8 Å². The monoisotopic (exact) mass is 392 g/mol. The average molecular weight is 391 g/mol. The van der Waals surface area contributed by atoms with Crippen molar-refractivity contribution in [2.75, 3.05) is 13.2 Å². The van der Waals surface area contributed by atoms with Crippen LogP contribution >= 0.6 is 0 Å². The first-order valence-electron chi connectivity index (χ1n) is 9.32. The van der Waals surface area contributed by atoms with Crippen LogP contribution in [-0.2, 0) is 4.74 Å². The van der Waals surface area contributed by atoms with Crippen molar-refractivity contribution in [3.8, 4) is 0 Å². The van der Waals surface area contributed by atoms with Gasteiger partial charge in [-0.25, -0.2) is 0 Å².